The van der Waals surface area contributed by atoms with Crippen molar-refractivity contribution < 1.29 is 14.0 Å². The average Bonchev–Trinajstić information content (AvgIpc) is 3.54. The fourth-order valence-corrected chi connectivity index (χ4v) is 4.70. The minimum Gasteiger partial charge on any atom is -0.467 e. The third-order valence-electron chi connectivity index (χ3n) is 5.61. The first-order valence-corrected chi connectivity index (χ1v) is 13.7. The van der Waals surface area contributed by atoms with Crippen LogP contribution in [0, 0.1) is 0 Å². The average molecular weight is 572 g/mol. The number of benzene rings is 2. The second-order valence-corrected chi connectivity index (χ2v) is 11.5. The second-order valence-electron chi connectivity index (χ2n) is 9.65. The molecule has 0 aliphatic carbocycles. The van der Waals surface area contributed by atoms with E-state index in [2.05, 4.69) is 5.32 Å². The van der Waals surface area contributed by atoms with Crippen LogP contribution < -0.4 is 5.32 Å². The van der Waals surface area contributed by atoms with Gasteiger partial charge < -0.3 is 14.6 Å². The number of anilines is 1. The first kappa shape index (κ1) is 27.8. The summed E-state index contributed by atoms with van der Waals surface area (Å²) in [6.45, 7) is 6.12. The van der Waals surface area contributed by atoms with Crippen LogP contribution in [0.1, 0.15) is 32.2 Å². The lowest BCUT2D eigenvalue weighted by atomic mass is 9.92. The summed E-state index contributed by atoms with van der Waals surface area (Å²) in [4.78, 5) is 28.9. The predicted molar refractivity (Wildman–Crippen MR) is 152 cm³/mol. The summed E-state index contributed by atoms with van der Waals surface area (Å²) < 4.78 is 7.06. The fraction of sp³-hybridized carbons (Fsp3) is 0.250. The molecule has 4 rings (SSSR count). The third-order valence-corrected chi connectivity index (χ3v) is 7.35. The smallest absolute Gasteiger partial charge is 0.245 e. The zero-order valence-electron chi connectivity index (χ0n) is 21.3. The summed E-state index contributed by atoms with van der Waals surface area (Å²) in [6, 6.07) is 20.1. The van der Waals surface area contributed by atoms with E-state index in [1.807, 2.05) is 57.2 Å². The summed E-state index contributed by atoms with van der Waals surface area (Å²) in [5.74, 6) is 0.692. The van der Waals surface area contributed by atoms with E-state index in [0.29, 0.717) is 27.3 Å². The first-order chi connectivity index (χ1) is 18.1. The number of thioether (sulfide) groups is 1. The number of nitrogens with zero attached hydrogens (tertiary/aromatic N) is 3. The van der Waals surface area contributed by atoms with Crippen molar-refractivity contribution in [3.63, 3.8) is 0 Å². The molecule has 38 heavy (non-hydrogen) atoms. The van der Waals surface area contributed by atoms with E-state index in [1.165, 1.54) is 16.7 Å². The summed E-state index contributed by atoms with van der Waals surface area (Å²) in [6.07, 6.45) is 1.54. The Morgan fingerprint density at radius 2 is 1.79 bits per heavy atom. The number of carbonyl (C=O) groups is 2. The van der Waals surface area contributed by atoms with Gasteiger partial charge in [0.25, 0.3) is 0 Å². The van der Waals surface area contributed by atoms with Gasteiger partial charge in [-0.05, 0) is 42.5 Å². The number of carbonyl (C=O) groups excluding carboxylic acids is 2. The number of rotatable bonds is 9. The van der Waals surface area contributed by atoms with Crippen LogP contribution in [0.15, 0.2) is 82.3 Å². The van der Waals surface area contributed by atoms with Crippen LogP contribution in [0.5, 0.6) is 0 Å². The molecular formula is C28H28Cl2N4O3S. The lowest BCUT2D eigenvalue weighted by Gasteiger charge is -2.21. The summed E-state index contributed by atoms with van der Waals surface area (Å²) >= 11 is 13.8. The normalized spacial score (nSPS) is 11.4. The molecule has 0 bridgehead atoms. The van der Waals surface area contributed by atoms with Gasteiger partial charge in [-0.15, -0.1) is 11.8 Å². The van der Waals surface area contributed by atoms with Crippen molar-refractivity contribution in [3.8, 4) is 5.69 Å². The maximum absolute atomic E-state index is 13.3. The minimum atomic E-state index is -0.365. The van der Waals surface area contributed by atoms with E-state index < -0.39 is 0 Å². The van der Waals surface area contributed by atoms with E-state index >= 15 is 0 Å². The van der Waals surface area contributed by atoms with E-state index in [4.69, 9.17) is 32.7 Å². The first-order valence-electron chi connectivity index (χ1n) is 11.9. The zero-order valence-corrected chi connectivity index (χ0v) is 23.6. The number of hydrogen-bond donors (Lipinski definition) is 1. The van der Waals surface area contributed by atoms with E-state index in [9.17, 15) is 9.59 Å². The number of aromatic nitrogens is 2. The second kappa shape index (κ2) is 12.1. The van der Waals surface area contributed by atoms with Crippen LogP contribution >= 0.6 is 35.0 Å². The van der Waals surface area contributed by atoms with Gasteiger partial charge in [0, 0.05) is 16.4 Å². The van der Waals surface area contributed by atoms with Crippen LogP contribution in [0.2, 0.25) is 10.0 Å². The topological polar surface area (TPSA) is 80.4 Å². The summed E-state index contributed by atoms with van der Waals surface area (Å²) in [5.41, 5.74) is 1.16. The van der Waals surface area contributed by atoms with Gasteiger partial charge in [-0.2, -0.15) is 5.10 Å². The van der Waals surface area contributed by atoms with Gasteiger partial charge in [0.1, 0.15) is 18.1 Å². The molecule has 0 aliphatic heterocycles. The van der Waals surface area contributed by atoms with Gasteiger partial charge in [0.15, 0.2) is 0 Å². The molecule has 0 saturated carbocycles. The Kier molecular flexibility index (Phi) is 8.87. The molecule has 0 fully saturated rings. The highest BCUT2D eigenvalue weighted by molar-refractivity contribution is 8.00. The molecular weight excluding hydrogens is 543 g/mol. The van der Waals surface area contributed by atoms with Crippen LogP contribution in [-0.4, -0.2) is 38.8 Å². The van der Waals surface area contributed by atoms with Crippen LogP contribution in [-0.2, 0) is 21.5 Å². The molecule has 2 amide bonds. The number of hydrogen-bond acceptors (Lipinski definition) is 5. The largest absolute Gasteiger partial charge is 0.467 e. The van der Waals surface area contributed by atoms with Gasteiger partial charge in [-0.25, -0.2) is 4.68 Å². The van der Waals surface area contributed by atoms with Crippen molar-refractivity contribution in [1.29, 1.82) is 0 Å². The van der Waals surface area contributed by atoms with Gasteiger partial charge in [-0.1, -0.05) is 62.2 Å². The highest BCUT2D eigenvalue weighted by atomic mass is 35.5. The molecule has 1 N–H and O–H groups in total. The molecule has 0 aliphatic rings. The SMILES string of the molecule is CC(C)(C)c1cc(NC(=O)CN(Cc2ccco2)C(=O)CSc2ccccc2)n(-c2ccc(Cl)c(Cl)c2)n1. The molecule has 0 atom stereocenters. The maximum atomic E-state index is 13.3. The van der Waals surface area contributed by atoms with E-state index in [-0.39, 0.29) is 36.1 Å². The van der Waals surface area contributed by atoms with Crippen molar-refractivity contribution in [3.05, 3.63) is 94.5 Å². The molecule has 4 aromatic rings. The molecule has 0 unspecified atom stereocenters. The number of furan rings is 1. The summed E-state index contributed by atoms with van der Waals surface area (Å²) in [5, 5.41) is 8.44. The molecule has 198 valence electrons. The van der Waals surface area contributed by atoms with Crippen molar-refractivity contribution in [2.45, 2.75) is 37.6 Å². The lowest BCUT2D eigenvalue weighted by Crippen LogP contribution is -2.38. The van der Waals surface area contributed by atoms with Crippen molar-refractivity contribution in [2.24, 2.45) is 0 Å². The molecule has 0 radical (unpaired) electrons. The number of amides is 2. The van der Waals surface area contributed by atoms with E-state index in [0.717, 1.165) is 10.6 Å². The van der Waals surface area contributed by atoms with Gasteiger partial charge in [0.05, 0.1) is 40.0 Å². The Morgan fingerprint density at radius 1 is 1.03 bits per heavy atom. The Labute approximate surface area is 236 Å². The standard InChI is InChI=1S/C28H28Cl2N4O3S/c1-28(2,3)24-15-25(34(32-24)19-11-12-22(29)23(30)14-19)31-26(35)17-33(16-20-8-7-13-37-20)27(36)18-38-21-9-5-4-6-10-21/h4-15H,16-18H2,1-3H3,(H,31,35). The van der Waals surface area contributed by atoms with Crippen LogP contribution in [0.25, 0.3) is 5.69 Å². The zero-order chi connectivity index (χ0) is 27.3. The molecule has 2 heterocycles. The predicted octanol–water partition coefficient (Wildman–Crippen LogP) is 6.83. The number of nitrogens with one attached hydrogen (secondary N) is 1. The van der Waals surface area contributed by atoms with Gasteiger partial charge in [0.2, 0.25) is 11.8 Å². The summed E-state index contributed by atoms with van der Waals surface area (Å²) in [7, 11) is 0. The van der Waals surface area contributed by atoms with Crippen LogP contribution in [0.4, 0.5) is 5.82 Å². The highest BCUT2D eigenvalue weighted by Gasteiger charge is 2.24. The molecule has 0 saturated heterocycles. The van der Waals surface area contributed by atoms with Crippen molar-refractivity contribution in [1.82, 2.24) is 14.7 Å². The lowest BCUT2D eigenvalue weighted by molar-refractivity contribution is -0.133. The molecule has 2 aromatic carbocycles. The Balaban J connectivity index is 1.54. The van der Waals surface area contributed by atoms with Gasteiger partial charge in [-0.3, -0.25) is 9.59 Å². The fourth-order valence-electron chi connectivity index (χ4n) is 3.58. The highest BCUT2D eigenvalue weighted by Crippen LogP contribution is 2.29. The quantitative estimate of drug-likeness (QED) is 0.223. The monoisotopic (exact) mass is 570 g/mol. The number of halogens is 2. The molecule has 10 heteroatoms. The van der Waals surface area contributed by atoms with Crippen molar-refractivity contribution in [2.75, 3.05) is 17.6 Å². The minimum absolute atomic E-state index is 0.160. The van der Waals surface area contributed by atoms with Gasteiger partial charge >= 0.3 is 0 Å². The molecule has 7 nitrogen and oxygen atoms in total. The Hall–Kier alpha value is -3.20. The molecule has 0 spiro atoms. The van der Waals surface area contributed by atoms with Crippen LogP contribution in [0.3, 0.4) is 0 Å². The van der Waals surface area contributed by atoms with Crippen molar-refractivity contribution >= 4 is 52.6 Å². The third kappa shape index (κ3) is 7.22. The molecule has 2 aromatic heterocycles. The van der Waals surface area contributed by atoms with E-state index in [1.54, 1.807) is 41.3 Å². The Bertz CT molecular complexity index is 1400. The Morgan fingerprint density at radius 3 is 2.45 bits per heavy atom. The maximum Gasteiger partial charge on any atom is 0.245 e.